The molecule has 260 valence electrons. The van der Waals surface area contributed by atoms with E-state index < -0.39 is 24.1 Å². The van der Waals surface area contributed by atoms with Gasteiger partial charge in [-0.3, -0.25) is 9.59 Å². The normalized spacial score (nSPS) is 19.4. The smallest absolute Gasteiger partial charge is 0.303 e. The Morgan fingerprint density at radius 1 is 0.820 bits per heavy atom. The van der Waals surface area contributed by atoms with Crippen LogP contribution in [0, 0.1) is 6.92 Å². The molecule has 0 saturated heterocycles. The number of aliphatic hydroxyl groups is 2. The number of aromatic amines is 1. The zero-order valence-corrected chi connectivity index (χ0v) is 29.2. The number of aliphatic imine (C=N–C) groups is 3. The van der Waals surface area contributed by atoms with Gasteiger partial charge in [0.1, 0.15) is 5.76 Å². The molecule has 4 aliphatic rings. The molecular formula is C39H43N5O6. The van der Waals surface area contributed by atoms with Crippen molar-refractivity contribution in [2.45, 2.75) is 72.4 Å². The first-order valence-corrected chi connectivity index (χ1v) is 16.5. The molecule has 11 nitrogen and oxygen atoms in total. The topological polar surface area (TPSA) is 180 Å². The second-order valence-corrected chi connectivity index (χ2v) is 12.7. The molecule has 4 aliphatic heterocycles. The Bertz CT molecular complexity index is 2050. The van der Waals surface area contributed by atoms with Crippen molar-refractivity contribution >= 4 is 41.2 Å². The fraction of sp³-hybridized carbons (Fsp3) is 0.308. The molecule has 0 fully saturated rings. The molecule has 11 heteroatoms. The number of aliphatic carboxylic acids is 2. The number of rotatable bonds is 11. The molecule has 50 heavy (non-hydrogen) atoms. The first-order chi connectivity index (χ1) is 23.7. The summed E-state index contributed by atoms with van der Waals surface area (Å²) in [4.78, 5) is 41.9. The van der Waals surface area contributed by atoms with Crippen LogP contribution in [0.1, 0.15) is 69.5 Å². The molecule has 1 aromatic rings. The second-order valence-electron chi connectivity index (χ2n) is 12.7. The maximum atomic E-state index is 12.0. The number of carboxylic acids is 2. The van der Waals surface area contributed by atoms with Gasteiger partial charge >= 0.3 is 11.9 Å². The van der Waals surface area contributed by atoms with E-state index in [0.29, 0.717) is 56.8 Å². The monoisotopic (exact) mass is 677 g/mol. The van der Waals surface area contributed by atoms with E-state index in [9.17, 15) is 30.0 Å². The summed E-state index contributed by atoms with van der Waals surface area (Å²) >= 11 is 0. The van der Waals surface area contributed by atoms with E-state index in [1.54, 1.807) is 26.1 Å². The van der Waals surface area contributed by atoms with Crippen LogP contribution in [-0.4, -0.2) is 73.7 Å². The van der Waals surface area contributed by atoms with Crippen LogP contribution in [0.5, 0.6) is 0 Å². The first-order valence-electron chi connectivity index (χ1n) is 16.5. The van der Waals surface area contributed by atoms with Crippen molar-refractivity contribution in [1.82, 2.24) is 10.3 Å². The molecule has 1 aromatic heterocycles. The molecule has 0 spiro atoms. The quantitative estimate of drug-likeness (QED) is 0.150. The van der Waals surface area contributed by atoms with Crippen molar-refractivity contribution in [1.29, 1.82) is 0 Å². The van der Waals surface area contributed by atoms with Gasteiger partial charge in [-0.25, -0.2) is 15.0 Å². The van der Waals surface area contributed by atoms with Crippen LogP contribution in [0.25, 0.3) is 12.2 Å². The summed E-state index contributed by atoms with van der Waals surface area (Å²) in [6, 6.07) is -0.854. The zero-order valence-electron chi connectivity index (χ0n) is 29.2. The highest BCUT2D eigenvalue weighted by Crippen LogP contribution is 2.39. The lowest BCUT2D eigenvalue weighted by Gasteiger charge is -2.22. The Labute approximate surface area is 291 Å². The number of hydrogen-bond donors (Lipinski definition) is 6. The predicted octanol–water partition coefficient (Wildman–Crippen LogP) is 6.25. The average molecular weight is 678 g/mol. The van der Waals surface area contributed by atoms with Gasteiger partial charge in [0.25, 0.3) is 0 Å². The maximum Gasteiger partial charge on any atom is 0.303 e. The number of fused-ring (bicyclic) bond motifs is 5. The van der Waals surface area contributed by atoms with Crippen molar-refractivity contribution in [3.8, 4) is 0 Å². The summed E-state index contributed by atoms with van der Waals surface area (Å²) in [6.07, 6.45) is 8.27. The number of hydrogen-bond acceptors (Lipinski definition) is 8. The molecule has 5 heterocycles. The molecule has 0 amide bonds. The van der Waals surface area contributed by atoms with Crippen molar-refractivity contribution in [3.05, 3.63) is 116 Å². The average Bonchev–Trinajstić information content (AvgIpc) is 3.72. The van der Waals surface area contributed by atoms with Crippen molar-refractivity contribution in [2.24, 2.45) is 15.0 Å². The molecule has 2 atom stereocenters. The highest BCUT2D eigenvalue weighted by Gasteiger charge is 2.35. The van der Waals surface area contributed by atoms with Crippen molar-refractivity contribution in [3.63, 3.8) is 0 Å². The van der Waals surface area contributed by atoms with Crippen LogP contribution >= 0.6 is 0 Å². The van der Waals surface area contributed by atoms with E-state index in [1.807, 2.05) is 45.9 Å². The number of aliphatic hydroxyl groups excluding tert-OH is 2. The van der Waals surface area contributed by atoms with Crippen LogP contribution in [-0.2, 0) is 16.0 Å². The van der Waals surface area contributed by atoms with Gasteiger partial charge in [0.2, 0.25) is 0 Å². The van der Waals surface area contributed by atoms with Gasteiger partial charge in [0.15, 0.2) is 0 Å². The Morgan fingerprint density at radius 2 is 1.44 bits per heavy atom. The van der Waals surface area contributed by atoms with Gasteiger partial charge in [-0.2, -0.15) is 0 Å². The number of likely N-dealkylation sites (N-methyl/N-ethyl adjacent to an activating group) is 1. The number of H-pyrrole nitrogens is 1. The Balaban J connectivity index is 1.91. The standard InChI is InChI=1S/C39H43N5O6/c1-9-23-21(6)36-35(39(50)37(40-8)22(7)45)38-24(10-2)18(3)29(43-38)15-27-19(4)25(11-13-33(46)47)31(41-27)17-32-26(12-14-34(48)49)20(5)28(42-32)16-30(23)44-36/h9-10,15-17,22,37,40,42,45,50H,1-2,11-14H2,3-8H3,(H,46,47)(H,48,49)/t22-,37+/m1/s1. The number of nitrogens with zero attached hydrogens (tertiary/aromatic N) is 3. The van der Waals surface area contributed by atoms with E-state index in [-0.39, 0.29) is 31.4 Å². The van der Waals surface area contributed by atoms with E-state index in [0.717, 1.165) is 39.0 Å². The number of nitrogens with one attached hydrogen (secondary N) is 2. The van der Waals surface area contributed by atoms with Gasteiger partial charge in [0.05, 0.1) is 51.9 Å². The van der Waals surface area contributed by atoms with Crippen LogP contribution in [0.15, 0.2) is 108 Å². The summed E-state index contributed by atoms with van der Waals surface area (Å²) in [6.45, 7) is 17.3. The third-order valence-electron chi connectivity index (χ3n) is 9.62. The summed E-state index contributed by atoms with van der Waals surface area (Å²) in [5.74, 6) is -2.02. The largest absolute Gasteiger partial charge is 0.510 e. The van der Waals surface area contributed by atoms with E-state index >= 15 is 0 Å². The highest BCUT2D eigenvalue weighted by atomic mass is 16.4. The van der Waals surface area contributed by atoms with Crippen LogP contribution in [0.2, 0.25) is 0 Å². The minimum Gasteiger partial charge on any atom is -0.510 e. The zero-order chi connectivity index (χ0) is 36.6. The SMILES string of the molecule is C=CC1=C(C)C2=NC1=Cc1[nH]c(c(CCC(=O)O)c1C)C=C1N=C(C=C3N=C(C(C=C)=C3C)C2=C(O)[C@@H](NC)[C@@H](C)O)C(C)=C1CCC(=O)O. The van der Waals surface area contributed by atoms with Gasteiger partial charge in [-0.05, 0) is 106 Å². The third kappa shape index (κ3) is 6.49. The van der Waals surface area contributed by atoms with Gasteiger partial charge in [-0.15, -0.1) is 0 Å². The minimum atomic E-state index is -0.971. The lowest BCUT2D eigenvalue weighted by molar-refractivity contribution is -0.138. The molecule has 8 bridgehead atoms. The van der Waals surface area contributed by atoms with E-state index in [4.69, 9.17) is 15.0 Å². The molecule has 5 rings (SSSR count). The van der Waals surface area contributed by atoms with Crippen molar-refractivity contribution in [2.75, 3.05) is 7.05 Å². The Hall–Kier alpha value is -5.39. The predicted molar refractivity (Wildman–Crippen MR) is 197 cm³/mol. The van der Waals surface area contributed by atoms with E-state index in [1.165, 1.54) is 0 Å². The molecule has 0 aliphatic carbocycles. The Morgan fingerprint density at radius 3 is 2.04 bits per heavy atom. The number of allylic oxidation sites excluding steroid dienone is 9. The first kappa shape index (κ1) is 35.9. The number of aromatic nitrogens is 1. The summed E-state index contributed by atoms with van der Waals surface area (Å²) in [5, 5.41) is 44.8. The third-order valence-corrected chi connectivity index (χ3v) is 9.62. The fourth-order valence-electron chi connectivity index (χ4n) is 6.81. The fourth-order valence-corrected chi connectivity index (χ4v) is 6.81. The summed E-state index contributed by atoms with van der Waals surface area (Å²) < 4.78 is 0. The summed E-state index contributed by atoms with van der Waals surface area (Å²) in [7, 11) is 1.65. The molecular weight excluding hydrogens is 634 g/mol. The molecule has 6 N–H and O–H groups in total. The van der Waals surface area contributed by atoms with Crippen LogP contribution in [0.4, 0.5) is 0 Å². The maximum absolute atomic E-state index is 12.0. The molecule has 0 saturated carbocycles. The van der Waals surface area contributed by atoms with Gasteiger partial charge in [0, 0.05) is 35.4 Å². The van der Waals surface area contributed by atoms with Gasteiger partial charge in [-0.1, -0.05) is 25.3 Å². The van der Waals surface area contributed by atoms with E-state index in [2.05, 4.69) is 23.5 Å². The second kappa shape index (κ2) is 14.2. The van der Waals surface area contributed by atoms with Crippen LogP contribution < -0.4 is 5.32 Å². The molecule has 0 aromatic carbocycles. The minimum absolute atomic E-state index is 0.0911. The van der Waals surface area contributed by atoms with Gasteiger partial charge < -0.3 is 30.7 Å². The Kier molecular flexibility index (Phi) is 10.2. The lowest BCUT2D eigenvalue weighted by atomic mass is 9.89. The molecule has 0 unspecified atom stereocenters. The molecule has 0 radical (unpaired) electrons. The lowest BCUT2D eigenvalue weighted by Crippen LogP contribution is -2.39. The van der Waals surface area contributed by atoms with Crippen LogP contribution in [0.3, 0.4) is 0 Å². The van der Waals surface area contributed by atoms with Crippen molar-refractivity contribution < 1.29 is 30.0 Å². The number of carbonyl (C=O) groups is 2. The number of carboxylic acid groups (broad SMARTS) is 2. The highest BCUT2D eigenvalue weighted by molar-refractivity contribution is 6.38. The summed E-state index contributed by atoms with van der Waals surface area (Å²) in [5.41, 5.74) is 11.0.